The van der Waals surface area contributed by atoms with E-state index in [1.54, 1.807) is 53.3 Å². The molecule has 0 saturated heterocycles. The van der Waals surface area contributed by atoms with Gasteiger partial charge in [-0.2, -0.15) is 0 Å². The summed E-state index contributed by atoms with van der Waals surface area (Å²) in [5.74, 6) is -0.900. The van der Waals surface area contributed by atoms with E-state index in [1.807, 2.05) is 0 Å². The second-order valence-electron chi connectivity index (χ2n) is 7.27. The van der Waals surface area contributed by atoms with Gasteiger partial charge in [0.15, 0.2) is 5.16 Å². The molecule has 4 rings (SSSR count). The largest absolute Gasteiger partial charge is 0.383 e. The van der Waals surface area contributed by atoms with Crippen molar-refractivity contribution in [1.29, 1.82) is 0 Å². The Hall–Kier alpha value is -2.49. The third-order valence-electron chi connectivity index (χ3n) is 5.18. The van der Waals surface area contributed by atoms with Crippen molar-refractivity contribution >= 4 is 45.1 Å². The van der Waals surface area contributed by atoms with Gasteiger partial charge in [-0.1, -0.05) is 30.0 Å². The van der Waals surface area contributed by atoms with Crippen LogP contribution in [0.15, 0.2) is 40.3 Å². The van der Waals surface area contributed by atoms with E-state index in [-0.39, 0.29) is 11.3 Å². The number of fused-ring (bicyclic) bond motifs is 3. The Bertz CT molecular complexity index is 1170. The van der Waals surface area contributed by atoms with E-state index >= 15 is 0 Å². The van der Waals surface area contributed by atoms with E-state index < -0.39 is 11.8 Å². The second kappa shape index (κ2) is 9.76. The quantitative estimate of drug-likeness (QED) is 0.433. The van der Waals surface area contributed by atoms with E-state index in [2.05, 4.69) is 5.32 Å². The van der Waals surface area contributed by atoms with Gasteiger partial charge in [0, 0.05) is 17.6 Å². The molecule has 2 heterocycles. The van der Waals surface area contributed by atoms with E-state index in [0.717, 1.165) is 47.8 Å². The lowest BCUT2D eigenvalue weighted by atomic mass is 9.97. The van der Waals surface area contributed by atoms with Crippen molar-refractivity contribution in [3.8, 4) is 0 Å². The Kier molecular flexibility index (Phi) is 6.84. The number of rotatable bonds is 7. The van der Waals surface area contributed by atoms with Crippen LogP contribution in [0.3, 0.4) is 0 Å². The summed E-state index contributed by atoms with van der Waals surface area (Å²) in [6, 6.07) is 8.57. The van der Waals surface area contributed by atoms with E-state index in [4.69, 9.17) is 9.72 Å². The van der Waals surface area contributed by atoms with Crippen molar-refractivity contribution in [1.82, 2.24) is 14.9 Å². The van der Waals surface area contributed by atoms with Gasteiger partial charge in [0.2, 0.25) is 5.91 Å². The van der Waals surface area contributed by atoms with Gasteiger partial charge < -0.3 is 4.74 Å². The lowest BCUT2D eigenvalue weighted by molar-refractivity contribution is -0.117. The topological polar surface area (TPSA) is 90.3 Å². The number of ether oxygens (including phenoxy) is 1. The van der Waals surface area contributed by atoms with Gasteiger partial charge in [-0.15, -0.1) is 11.3 Å². The van der Waals surface area contributed by atoms with Crippen LogP contribution in [0.4, 0.5) is 0 Å². The fourth-order valence-electron chi connectivity index (χ4n) is 3.66. The van der Waals surface area contributed by atoms with Crippen molar-refractivity contribution in [2.45, 2.75) is 37.4 Å². The number of thiophene rings is 1. The number of nitrogens with zero attached hydrogens (tertiary/aromatic N) is 2. The number of aromatic nitrogens is 2. The number of carbonyl (C=O) groups excluding carboxylic acids is 2. The molecule has 0 aliphatic heterocycles. The van der Waals surface area contributed by atoms with Crippen molar-refractivity contribution in [3.05, 3.63) is 56.7 Å². The number of aryl methyl sites for hydroxylation is 2. The van der Waals surface area contributed by atoms with Crippen LogP contribution < -0.4 is 10.9 Å². The predicted molar refractivity (Wildman–Crippen MR) is 122 cm³/mol. The number of imide groups is 1. The third kappa shape index (κ3) is 4.73. The fraction of sp³-hybridized carbons (Fsp3) is 0.364. The monoisotopic (exact) mass is 457 g/mol. The lowest BCUT2D eigenvalue weighted by Gasteiger charge is -2.13. The Morgan fingerprint density at radius 2 is 2.00 bits per heavy atom. The highest BCUT2D eigenvalue weighted by atomic mass is 32.2. The fourth-order valence-corrected chi connectivity index (χ4v) is 5.79. The Balaban J connectivity index is 1.56. The number of methoxy groups -OCH3 is 1. The molecule has 0 unspecified atom stereocenters. The maximum atomic E-state index is 13.3. The standard InChI is InChI=1S/C22H23N3O4S2/c1-29-12-11-25-21(28)18-15-9-5-6-10-16(15)31-20(18)24-22(25)30-13-17(26)23-19(27)14-7-3-2-4-8-14/h2-4,7-8H,5-6,9-13H2,1H3,(H,23,26,27). The minimum atomic E-state index is -0.447. The molecule has 0 spiro atoms. The highest BCUT2D eigenvalue weighted by Gasteiger charge is 2.22. The van der Waals surface area contributed by atoms with E-state index in [9.17, 15) is 14.4 Å². The van der Waals surface area contributed by atoms with E-state index in [0.29, 0.717) is 29.3 Å². The molecule has 0 bridgehead atoms. The van der Waals surface area contributed by atoms with Gasteiger partial charge >= 0.3 is 0 Å². The van der Waals surface area contributed by atoms with Crippen LogP contribution in [-0.2, 0) is 28.9 Å². The molecule has 162 valence electrons. The maximum absolute atomic E-state index is 13.3. The highest BCUT2D eigenvalue weighted by molar-refractivity contribution is 7.99. The Morgan fingerprint density at radius 1 is 1.23 bits per heavy atom. The third-order valence-corrected chi connectivity index (χ3v) is 7.34. The molecular weight excluding hydrogens is 434 g/mol. The van der Waals surface area contributed by atoms with Crippen LogP contribution in [0, 0.1) is 0 Å². The van der Waals surface area contributed by atoms with Crippen LogP contribution in [0.5, 0.6) is 0 Å². The van der Waals surface area contributed by atoms with Crippen molar-refractivity contribution < 1.29 is 14.3 Å². The first-order valence-electron chi connectivity index (χ1n) is 10.1. The summed E-state index contributed by atoms with van der Waals surface area (Å²) >= 11 is 2.74. The minimum absolute atomic E-state index is 0.0193. The predicted octanol–water partition coefficient (Wildman–Crippen LogP) is 3.03. The molecule has 31 heavy (non-hydrogen) atoms. The molecule has 1 aliphatic carbocycles. The van der Waals surface area contributed by atoms with Gasteiger partial charge in [-0.25, -0.2) is 4.98 Å². The SMILES string of the molecule is COCCn1c(SCC(=O)NC(=O)c2ccccc2)nc2sc3c(c2c1=O)CCCC3. The number of hydrogen-bond acceptors (Lipinski definition) is 7. The number of benzene rings is 1. The molecule has 3 aromatic rings. The molecule has 0 saturated carbocycles. The molecule has 2 aromatic heterocycles. The molecule has 0 atom stereocenters. The number of thioether (sulfide) groups is 1. The first kappa shape index (κ1) is 21.7. The van der Waals surface area contributed by atoms with Gasteiger partial charge in [-0.05, 0) is 43.4 Å². The smallest absolute Gasteiger partial charge is 0.263 e. The van der Waals surface area contributed by atoms with Gasteiger partial charge in [-0.3, -0.25) is 24.3 Å². The highest BCUT2D eigenvalue weighted by Crippen LogP contribution is 2.34. The summed E-state index contributed by atoms with van der Waals surface area (Å²) in [4.78, 5) is 44.5. The molecule has 1 aliphatic rings. The maximum Gasteiger partial charge on any atom is 0.263 e. The number of nitrogens with one attached hydrogen (secondary N) is 1. The van der Waals surface area contributed by atoms with Crippen LogP contribution in [0.1, 0.15) is 33.6 Å². The van der Waals surface area contributed by atoms with Gasteiger partial charge in [0.1, 0.15) is 4.83 Å². The molecule has 2 amide bonds. The van der Waals surface area contributed by atoms with Crippen LogP contribution in [0.25, 0.3) is 10.2 Å². The molecule has 0 fully saturated rings. The zero-order valence-electron chi connectivity index (χ0n) is 17.2. The minimum Gasteiger partial charge on any atom is -0.383 e. The van der Waals surface area contributed by atoms with Crippen LogP contribution in [0.2, 0.25) is 0 Å². The lowest BCUT2D eigenvalue weighted by Crippen LogP contribution is -2.32. The van der Waals surface area contributed by atoms with Crippen molar-refractivity contribution in [2.75, 3.05) is 19.5 Å². The number of hydrogen-bond donors (Lipinski definition) is 1. The van der Waals surface area contributed by atoms with Crippen LogP contribution >= 0.6 is 23.1 Å². The average Bonchev–Trinajstić information content (AvgIpc) is 3.16. The summed E-state index contributed by atoms with van der Waals surface area (Å²) in [6.07, 6.45) is 4.12. The molecule has 1 N–H and O–H groups in total. The van der Waals surface area contributed by atoms with Crippen molar-refractivity contribution in [3.63, 3.8) is 0 Å². The Morgan fingerprint density at radius 3 is 2.77 bits per heavy atom. The second-order valence-corrected chi connectivity index (χ2v) is 9.29. The van der Waals surface area contributed by atoms with Crippen molar-refractivity contribution in [2.24, 2.45) is 0 Å². The first-order chi connectivity index (χ1) is 15.1. The number of amides is 2. The molecule has 7 nitrogen and oxygen atoms in total. The Labute approximate surface area is 187 Å². The van der Waals surface area contributed by atoms with Crippen LogP contribution in [-0.4, -0.2) is 40.8 Å². The summed E-state index contributed by atoms with van der Waals surface area (Å²) in [6.45, 7) is 0.724. The summed E-state index contributed by atoms with van der Waals surface area (Å²) in [7, 11) is 1.58. The molecular formula is C22H23N3O4S2. The molecule has 9 heteroatoms. The summed E-state index contributed by atoms with van der Waals surface area (Å²) in [5.41, 5.74) is 1.48. The average molecular weight is 458 g/mol. The zero-order chi connectivity index (χ0) is 21.8. The summed E-state index contributed by atoms with van der Waals surface area (Å²) < 4.78 is 6.76. The normalized spacial score (nSPS) is 13.2. The first-order valence-corrected chi connectivity index (χ1v) is 11.9. The van der Waals surface area contributed by atoms with Gasteiger partial charge in [0.25, 0.3) is 11.5 Å². The molecule has 1 aromatic carbocycles. The van der Waals surface area contributed by atoms with Gasteiger partial charge in [0.05, 0.1) is 24.3 Å². The number of carbonyl (C=O) groups is 2. The molecule has 0 radical (unpaired) electrons. The zero-order valence-corrected chi connectivity index (χ0v) is 18.8. The van der Waals surface area contributed by atoms with E-state index in [1.165, 1.54) is 4.88 Å². The summed E-state index contributed by atoms with van der Waals surface area (Å²) in [5, 5.41) is 3.56.